The second-order valence-electron chi connectivity index (χ2n) is 5.64. The Hall–Kier alpha value is -0.940. The Morgan fingerprint density at radius 2 is 2.16 bits per heavy atom. The van der Waals surface area contributed by atoms with Gasteiger partial charge in [-0.2, -0.15) is 0 Å². The van der Waals surface area contributed by atoms with E-state index in [1.807, 2.05) is 19.5 Å². The molecule has 1 amide bonds. The number of hydrogen-bond acceptors (Lipinski definition) is 4. The molecule has 19 heavy (non-hydrogen) atoms. The van der Waals surface area contributed by atoms with Gasteiger partial charge in [0.2, 0.25) is 5.91 Å². The smallest absolute Gasteiger partial charge is 0.226 e. The summed E-state index contributed by atoms with van der Waals surface area (Å²) in [6.45, 7) is 0.814. The molecule has 2 rings (SSSR count). The van der Waals surface area contributed by atoms with Crippen molar-refractivity contribution in [3.05, 3.63) is 11.1 Å². The number of rotatable bonds is 5. The van der Waals surface area contributed by atoms with Crippen molar-refractivity contribution in [2.24, 2.45) is 5.92 Å². The van der Waals surface area contributed by atoms with E-state index in [1.54, 1.807) is 0 Å². The van der Waals surface area contributed by atoms with Crippen LogP contribution >= 0.6 is 11.3 Å². The van der Waals surface area contributed by atoms with Crippen LogP contribution in [0.3, 0.4) is 0 Å². The van der Waals surface area contributed by atoms with Gasteiger partial charge in [0.05, 0.1) is 5.69 Å². The maximum absolute atomic E-state index is 12.0. The number of nitrogens with zero attached hydrogens (tertiary/aromatic N) is 2. The molecule has 0 aliphatic heterocycles. The summed E-state index contributed by atoms with van der Waals surface area (Å²) < 4.78 is 0. The minimum atomic E-state index is 0.123. The monoisotopic (exact) mass is 281 g/mol. The summed E-state index contributed by atoms with van der Waals surface area (Å²) in [4.78, 5) is 18.5. The minimum absolute atomic E-state index is 0.123. The molecular formula is C14H23N3OS. The van der Waals surface area contributed by atoms with Gasteiger partial charge in [-0.25, -0.2) is 4.98 Å². The summed E-state index contributed by atoms with van der Waals surface area (Å²) in [5.74, 6) is 0.701. The standard InChI is InChI=1S/C14H23N3OS/c1-17(2)9-12-10-19-14(15-12)16-13(18)8-11-6-4-3-5-7-11/h10-11H,3-9H2,1-2H3,(H,15,16,18). The van der Waals surface area contributed by atoms with Crippen LogP contribution in [-0.4, -0.2) is 29.9 Å². The summed E-state index contributed by atoms with van der Waals surface area (Å²) in [5, 5.41) is 5.68. The van der Waals surface area contributed by atoms with Crippen molar-refractivity contribution in [1.82, 2.24) is 9.88 Å². The third-order valence-corrected chi connectivity index (χ3v) is 4.28. The number of nitrogens with one attached hydrogen (secondary N) is 1. The van der Waals surface area contributed by atoms with Crippen LogP contribution in [0.15, 0.2) is 5.38 Å². The van der Waals surface area contributed by atoms with Gasteiger partial charge in [-0.15, -0.1) is 11.3 Å². The summed E-state index contributed by atoms with van der Waals surface area (Å²) in [5.41, 5.74) is 1.02. The first-order valence-electron chi connectivity index (χ1n) is 7.02. The van der Waals surface area contributed by atoms with E-state index in [4.69, 9.17) is 0 Å². The first-order valence-corrected chi connectivity index (χ1v) is 7.90. The zero-order chi connectivity index (χ0) is 13.7. The molecule has 0 saturated heterocycles. The van der Waals surface area contributed by atoms with Gasteiger partial charge >= 0.3 is 0 Å². The number of thiazole rings is 1. The lowest BCUT2D eigenvalue weighted by Gasteiger charge is -2.20. The third-order valence-electron chi connectivity index (χ3n) is 3.48. The van der Waals surface area contributed by atoms with Gasteiger partial charge in [0.1, 0.15) is 0 Å². The quantitative estimate of drug-likeness (QED) is 0.902. The van der Waals surface area contributed by atoms with Crippen LogP contribution in [-0.2, 0) is 11.3 Å². The van der Waals surface area contributed by atoms with Crippen LogP contribution in [0.1, 0.15) is 44.2 Å². The number of carbonyl (C=O) groups excluding carboxylic acids is 1. The van der Waals surface area contributed by atoms with Crippen LogP contribution < -0.4 is 5.32 Å². The molecule has 1 aromatic rings. The molecule has 0 aromatic carbocycles. The Morgan fingerprint density at radius 3 is 2.84 bits per heavy atom. The number of anilines is 1. The molecule has 0 radical (unpaired) electrons. The molecule has 1 fully saturated rings. The van der Waals surface area contributed by atoms with E-state index < -0.39 is 0 Å². The van der Waals surface area contributed by atoms with E-state index in [1.165, 1.54) is 43.4 Å². The first kappa shape index (κ1) is 14.5. The van der Waals surface area contributed by atoms with E-state index in [0.717, 1.165) is 17.4 Å². The second kappa shape index (κ2) is 7.01. The average molecular weight is 281 g/mol. The topological polar surface area (TPSA) is 45.2 Å². The predicted octanol–water partition coefficient (Wildman–Crippen LogP) is 3.11. The third kappa shape index (κ3) is 4.91. The fourth-order valence-electron chi connectivity index (χ4n) is 2.58. The molecule has 1 saturated carbocycles. The van der Waals surface area contributed by atoms with Crippen molar-refractivity contribution in [1.29, 1.82) is 0 Å². The Labute approximate surface area is 119 Å². The first-order chi connectivity index (χ1) is 9.13. The lowest BCUT2D eigenvalue weighted by Crippen LogP contribution is -2.18. The molecule has 0 unspecified atom stereocenters. The van der Waals surface area contributed by atoms with E-state index in [0.29, 0.717) is 12.3 Å². The van der Waals surface area contributed by atoms with Crippen molar-refractivity contribution in [3.63, 3.8) is 0 Å². The van der Waals surface area contributed by atoms with Crippen LogP contribution in [0.2, 0.25) is 0 Å². The zero-order valence-corrected chi connectivity index (χ0v) is 12.6. The van der Waals surface area contributed by atoms with Crippen molar-refractivity contribution in [2.45, 2.75) is 45.1 Å². The summed E-state index contributed by atoms with van der Waals surface area (Å²) in [7, 11) is 4.03. The highest BCUT2D eigenvalue weighted by Gasteiger charge is 2.17. The molecule has 1 aliphatic rings. The summed E-state index contributed by atoms with van der Waals surface area (Å²) in [6, 6.07) is 0. The number of hydrogen-bond donors (Lipinski definition) is 1. The van der Waals surface area contributed by atoms with Crippen molar-refractivity contribution in [3.8, 4) is 0 Å². The van der Waals surface area contributed by atoms with Crippen LogP contribution in [0.5, 0.6) is 0 Å². The van der Waals surface area contributed by atoms with E-state index in [9.17, 15) is 4.79 Å². The van der Waals surface area contributed by atoms with Crippen LogP contribution in [0.25, 0.3) is 0 Å². The maximum atomic E-state index is 12.0. The second-order valence-corrected chi connectivity index (χ2v) is 6.50. The normalized spacial score (nSPS) is 16.8. The Kier molecular flexibility index (Phi) is 5.34. The Morgan fingerprint density at radius 1 is 1.42 bits per heavy atom. The highest BCUT2D eigenvalue weighted by Crippen LogP contribution is 2.27. The molecule has 5 heteroatoms. The Bertz CT molecular complexity index is 411. The molecule has 106 valence electrons. The fourth-order valence-corrected chi connectivity index (χ4v) is 3.30. The molecule has 1 aliphatic carbocycles. The van der Waals surface area contributed by atoms with Gasteiger partial charge in [0.15, 0.2) is 5.13 Å². The lowest BCUT2D eigenvalue weighted by molar-refractivity contribution is -0.117. The highest BCUT2D eigenvalue weighted by molar-refractivity contribution is 7.13. The van der Waals surface area contributed by atoms with Gasteiger partial charge in [-0.3, -0.25) is 4.79 Å². The van der Waals surface area contributed by atoms with E-state index in [2.05, 4.69) is 15.2 Å². The van der Waals surface area contributed by atoms with Crippen LogP contribution in [0.4, 0.5) is 5.13 Å². The predicted molar refractivity (Wildman–Crippen MR) is 79.3 cm³/mol. The molecule has 0 atom stereocenters. The SMILES string of the molecule is CN(C)Cc1csc(NC(=O)CC2CCCCC2)n1. The lowest BCUT2D eigenvalue weighted by atomic mass is 9.87. The van der Waals surface area contributed by atoms with E-state index in [-0.39, 0.29) is 5.91 Å². The van der Waals surface area contributed by atoms with Gasteiger partial charge in [0, 0.05) is 18.3 Å². The summed E-state index contributed by atoms with van der Waals surface area (Å²) >= 11 is 1.51. The van der Waals surface area contributed by atoms with Crippen molar-refractivity contribution >= 4 is 22.4 Å². The largest absolute Gasteiger partial charge is 0.304 e. The van der Waals surface area contributed by atoms with Gasteiger partial charge in [-0.1, -0.05) is 19.3 Å². The molecule has 1 N–H and O–H groups in total. The molecule has 1 heterocycles. The van der Waals surface area contributed by atoms with Crippen molar-refractivity contribution < 1.29 is 4.79 Å². The maximum Gasteiger partial charge on any atom is 0.226 e. The molecule has 1 aromatic heterocycles. The highest BCUT2D eigenvalue weighted by atomic mass is 32.1. The van der Waals surface area contributed by atoms with Gasteiger partial charge in [0.25, 0.3) is 0 Å². The minimum Gasteiger partial charge on any atom is -0.304 e. The van der Waals surface area contributed by atoms with E-state index >= 15 is 0 Å². The van der Waals surface area contributed by atoms with Gasteiger partial charge in [-0.05, 0) is 32.9 Å². The molecule has 4 nitrogen and oxygen atoms in total. The molecular weight excluding hydrogens is 258 g/mol. The molecule has 0 spiro atoms. The number of carbonyl (C=O) groups is 1. The van der Waals surface area contributed by atoms with Gasteiger partial charge < -0.3 is 10.2 Å². The fraction of sp³-hybridized carbons (Fsp3) is 0.714. The molecule has 0 bridgehead atoms. The average Bonchev–Trinajstić information content (AvgIpc) is 2.76. The summed E-state index contributed by atoms with van der Waals surface area (Å²) in [6.07, 6.45) is 6.96. The Balaban J connectivity index is 1.79. The number of amides is 1. The zero-order valence-electron chi connectivity index (χ0n) is 11.8. The van der Waals surface area contributed by atoms with Crippen molar-refractivity contribution in [2.75, 3.05) is 19.4 Å². The van der Waals surface area contributed by atoms with Crippen LogP contribution in [0, 0.1) is 5.92 Å². The number of aromatic nitrogens is 1.